The molecule has 0 spiro atoms. The van der Waals surface area contributed by atoms with Crippen molar-refractivity contribution < 1.29 is 14.6 Å². The summed E-state index contributed by atoms with van der Waals surface area (Å²) in [7, 11) is 0. The maximum Gasteiger partial charge on any atom is 0.337 e. The zero-order chi connectivity index (χ0) is 11.1. The Morgan fingerprint density at radius 3 is 2.60 bits per heavy atom. The van der Waals surface area contributed by atoms with E-state index in [0.717, 1.165) is 0 Å². The number of hydrogen-bond donors (Lipinski definition) is 2. The molecule has 1 unspecified atom stereocenters. The van der Waals surface area contributed by atoms with Crippen LogP contribution in [0.4, 0.5) is 0 Å². The highest BCUT2D eigenvalue weighted by Crippen LogP contribution is 2.17. The molecule has 4 heteroatoms. The van der Waals surface area contributed by atoms with Gasteiger partial charge in [-0.25, -0.2) is 4.79 Å². The van der Waals surface area contributed by atoms with Gasteiger partial charge in [-0.1, -0.05) is 30.3 Å². The van der Waals surface area contributed by atoms with E-state index < -0.39 is 12.1 Å². The van der Waals surface area contributed by atoms with Crippen molar-refractivity contribution in [1.29, 1.82) is 0 Å². The number of benzene rings is 1. The largest absolute Gasteiger partial charge is 0.479 e. The van der Waals surface area contributed by atoms with Gasteiger partial charge in [0.2, 0.25) is 0 Å². The third-order valence-electron chi connectivity index (χ3n) is 1.96. The van der Waals surface area contributed by atoms with Crippen LogP contribution in [0.15, 0.2) is 30.3 Å². The molecule has 3 N–H and O–H groups in total. The van der Waals surface area contributed by atoms with E-state index in [-0.39, 0.29) is 0 Å². The second-order valence-corrected chi connectivity index (χ2v) is 3.14. The van der Waals surface area contributed by atoms with Gasteiger partial charge in [0.25, 0.3) is 0 Å². The molecule has 0 aliphatic carbocycles. The Labute approximate surface area is 88.7 Å². The van der Waals surface area contributed by atoms with Crippen LogP contribution >= 0.6 is 0 Å². The van der Waals surface area contributed by atoms with Gasteiger partial charge in [0, 0.05) is 6.61 Å². The Hall–Kier alpha value is -1.39. The second-order valence-electron chi connectivity index (χ2n) is 3.14. The molecule has 15 heavy (non-hydrogen) atoms. The van der Waals surface area contributed by atoms with Gasteiger partial charge < -0.3 is 15.6 Å². The maximum absolute atomic E-state index is 10.9. The summed E-state index contributed by atoms with van der Waals surface area (Å²) in [6.45, 7) is 0.865. The van der Waals surface area contributed by atoms with E-state index in [9.17, 15) is 4.79 Å². The molecule has 0 saturated heterocycles. The molecule has 1 aromatic rings. The van der Waals surface area contributed by atoms with Crippen molar-refractivity contribution in [3.63, 3.8) is 0 Å². The third kappa shape index (κ3) is 3.69. The molecule has 82 valence electrons. The minimum atomic E-state index is -0.974. The molecule has 1 atom stereocenters. The van der Waals surface area contributed by atoms with Crippen LogP contribution in [0.1, 0.15) is 18.1 Å². The molecule has 0 radical (unpaired) electrons. The molecule has 0 aromatic heterocycles. The van der Waals surface area contributed by atoms with Crippen molar-refractivity contribution in [2.45, 2.75) is 12.5 Å². The molecule has 0 amide bonds. The Kier molecular flexibility index (Phi) is 4.80. The predicted octanol–water partition coefficient (Wildman–Crippen LogP) is 1.18. The van der Waals surface area contributed by atoms with Crippen LogP contribution < -0.4 is 5.73 Å². The van der Waals surface area contributed by atoms with E-state index in [2.05, 4.69) is 0 Å². The molecule has 0 aliphatic heterocycles. The third-order valence-corrected chi connectivity index (χ3v) is 1.96. The first-order valence-corrected chi connectivity index (χ1v) is 4.85. The van der Waals surface area contributed by atoms with Crippen molar-refractivity contribution in [1.82, 2.24) is 0 Å². The van der Waals surface area contributed by atoms with Crippen LogP contribution in [0, 0.1) is 0 Å². The standard InChI is InChI=1S/C11H15NO3/c12-7-4-8-15-10(11(13)14)9-5-2-1-3-6-9/h1-3,5-6,10H,4,7-8,12H2,(H,13,14). The maximum atomic E-state index is 10.9. The molecule has 0 heterocycles. The van der Waals surface area contributed by atoms with E-state index >= 15 is 0 Å². The zero-order valence-electron chi connectivity index (χ0n) is 8.43. The van der Waals surface area contributed by atoms with E-state index in [4.69, 9.17) is 15.6 Å². The number of carbonyl (C=O) groups is 1. The molecule has 0 aliphatic rings. The number of hydrogen-bond acceptors (Lipinski definition) is 3. The normalized spacial score (nSPS) is 12.3. The van der Waals surface area contributed by atoms with Crippen LogP contribution in [0.3, 0.4) is 0 Å². The predicted molar refractivity (Wildman–Crippen MR) is 56.4 cm³/mol. The monoisotopic (exact) mass is 209 g/mol. The summed E-state index contributed by atoms with van der Waals surface area (Å²) < 4.78 is 5.25. The van der Waals surface area contributed by atoms with Gasteiger partial charge in [-0.05, 0) is 18.5 Å². The lowest BCUT2D eigenvalue weighted by atomic mass is 10.1. The zero-order valence-corrected chi connectivity index (χ0v) is 8.43. The molecular weight excluding hydrogens is 194 g/mol. The average molecular weight is 209 g/mol. The molecule has 0 bridgehead atoms. The Morgan fingerprint density at radius 1 is 1.40 bits per heavy atom. The van der Waals surface area contributed by atoms with Gasteiger partial charge in [-0.2, -0.15) is 0 Å². The van der Waals surface area contributed by atoms with Crippen LogP contribution in [-0.2, 0) is 9.53 Å². The fourth-order valence-electron chi connectivity index (χ4n) is 1.22. The number of aliphatic carboxylic acids is 1. The van der Waals surface area contributed by atoms with Crippen molar-refractivity contribution in [2.24, 2.45) is 5.73 Å². The fraction of sp³-hybridized carbons (Fsp3) is 0.364. The van der Waals surface area contributed by atoms with Gasteiger partial charge in [0.05, 0.1) is 0 Å². The lowest BCUT2D eigenvalue weighted by Crippen LogP contribution is -2.17. The number of carboxylic acids is 1. The molecule has 1 aromatic carbocycles. The van der Waals surface area contributed by atoms with E-state index in [0.29, 0.717) is 25.1 Å². The summed E-state index contributed by atoms with van der Waals surface area (Å²) in [5, 5.41) is 8.97. The van der Waals surface area contributed by atoms with Crippen molar-refractivity contribution in [3.8, 4) is 0 Å². The van der Waals surface area contributed by atoms with Gasteiger partial charge in [-0.3, -0.25) is 0 Å². The summed E-state index contributed by atoms with van der Waals surface area (Å²) in [6.07, 6.45) is -0.228. The Morgan fingerprint density at radius 2 is 2.07 bits per heavy atom. The number of ether oxygens (including phenoxy) is 1. The lowest BCUT2D eigenvalue weighted by molar-refractivity contribution is -0.150. The lowest BCUT2D eigenvalue weighted by Gasteiger charge is -2.13. The van der Waals surface area contributed by atoms with Gasteiger partial charge in [0.1, 0.15) is 0 Å². The highest BCUT2D eigenvalue weighted by molar-refractivity contribution is 5.74. The minimum absolute atomic E-state index is 0.363. The molecule has 0 saturated carbocycles. The second kappa shape index (κ2) is 6.16. The summed E-state index contributed by atoms with van der Waals surface area (Å²) in [5.41, 5.74) is 5.96. The minimum Gasteiger partial charge on any atom is -0.479 e. The quantitative estimate of drug-likeness (QED) is 0.690. The van der Waals surface area contributed by atoms with Crippen LogP contribution in [0.2, 0.25) is 0 Å². The Bertz CT molecular complexity index is 300. The van der Waals surface area contributed by atoms with Crippen LogP contribution in [0.5, 0.6) is 0 Å². The summed E-state index contributed by atoms with van der Waals surface area (Å²) in [4.78, 5) is 10.9. The highest BCUT2D eigenvalue weighted by atomic mass is 16.5. The Balaban J connectivity index is 2.62. The van der Waals surface area contributed by atoms with Crippen molar-refractivity contribution in [3.05, 3.63) is 35.9 Å². The summed E-state index contributed by atoms with van der Waals surface area (Å²) in [6, 6.07) is 8.89. The number of rotatable bonds is 6. The van der Waals surface area contributed by atoms with E-state index in [1.165, 1.54) is 0 Å². The molecular formula is C11H15NO3. The molecule has 4 nitrogen and oxygen atoms in total. The topological polar surface area (TPSA) is 72.5 Å². The van der Waals surface area contributed by atoms with Crippen LogP contribution in [0.25, 0.3) is 0 Å². The smallest absolute Gasteiger partial charge is 0.337 e. The fourth-order valence-corrected chi connectivity index (χ4v) is 1.22. The highest BCUT2D eigenvalue weighted by Gasteiger charge is 2.19. The first-order chi connectivity index (χ1) is 7.25. The number of carboxylic acid groups (broad SMARTS) is 1. The first kappa shape index (κ1) is 11.7. The van der Waals surface area contributed by atoms with E-state index in [1.54, 1.807) is 24.3 Å². The first-order valence-electron chi connectivity index (χ1n) is 4.85. The van der Waals surface area contributed by atoms with Gasteiger partial charge in [0.15, 0.2) is 6.10 Å². The molecule has 1 rings (SSSR count). The average Bonchev–Trinajstić information content (AvgIpc) is 2.25. The van der Waals surface area contributed by atoms with E-state index in [1.807, 2.05) is 6.07 Å². The SMILES string of the molecule is NCCCOC(C(=O)O)c1ccccc1. The summed E-state index contributed by atoms with van der Waals surface area (Å²) >= 11 is 0. The van der Waals surface area contributed by atoms with Gasteiger partial charge >= 0.3 is 5.97 Å². The van der Waals surface area contributed by atoms with Crippen molar-refractivity contribution in [2.75, 3.05) is 13.2 Å². The summed E-state index contributed by atoms with van der Waals surface area (Å²) in [5.74, 6) is -0.974. The molecule has 0 fully saturated rings. The number of nitrogens with two attached hydrogens (primary N) is 1. The van der Waals surface area contributed by atoms with Crippen LogP contribution in [-0.4, -0.2) is 24.2 Å². The van der Waals surface area contributed by atoms with Gasteiger partial charge in [-0.15, -0.1) is 0 Å². The van der Waals surface area contributed by atoms with Crippen molar-refractivity contribution >= 4 is 5.97 Å².